The molecular formula is C25H24Cl2N6. The predicted octanol–water partition coefficient (Wildman–Crippen LogP) is 5.13. The summed E-state index contributed by atoms with van der Waals surface area (Å²) in [5.41, 5.74) is 18.2. The van der Waals surface area contributed by atoms with E-state index < -0.39 is 0 Å². The lowest BCUT2D eigenvalue weighted by molar-refractivity contribution is 0.187. The molecular weight excluding hydrogens is 455 g/mol. The molecule has 2 aromatic carbocycles. The minimum absolute atomic E-state index is 0.0782. The van der Waals surface area contributed by atoms with Gasteiger partial charge in [0.15, 0.2) is 5.65 Å². The quantitative estimate of drug-likeness (QED) is 0.417. The van der Waals surface area contributed by atoms with Crippen LogP contribution in [0, 0.1) is 5.41 Å². The van der Waals surface area contributed by atoms with Crippen LogP contribution in [0.2, 0.25) is 10.0 Å². The van der Waals surface area contributed by atoms with Gasteiger partial charge in [-0.2, -0.15) is 4.98 Å². The fraction of sp³-hybridized carbons (Fsp3) is 0.280. The Bertz CT molecular complexity index is 1370. The molecule has 3 heterocycles. The zero-order chi connectivity index (χ0) is 22.7. The molecule has 8 heteroatoms. The third kappa shape index (κ3) is 3.12. The van der Waals surface area contributed by atoms with E-state index in [1.165, 1.54) is 11.1 Å². The highest BCUT2D eigenvalue weighted by molar-refractivity contribution is 6.44. The number of anilines is 2. The van der Waals surface area contributed by atoms with Crippen LogP contribution in [0.4, 0.5) is 11.8 Å². The zero-order valence-electron chi connectivity index (χ0n) is 18.0. The van der Waals surface area contributed by atoms with Crippen molar-refractivity contribution in [2.75, 3.05) is 23.7 Å². The number of fused-ring (bicyclic) bond motifs is 2. The van der Waals surface area contributed by atoms with Gasteiger partial charge in [0.25, 0.3) is 0 Å². The number of benzene rings is 2. The van der Waals surface area contributed by atoms with E-state index >= 15 is 0 Å². The smallest absolute Gasteiger partial charge is 0.213 e. The third-order valence-corrected chi connectivity index (χ3v) is 8.23. The van der Waals surface area contributed by atoms with Gasteiger partial charge in [0.2, 0.25) is 5.95 Å². The van der Waals surface area contributed by atoms with Crippen LogP contribution in [0.3, 0.4) is 0 Å². The molecule has 168 valence electrons. The van der Waals surface area contributed by atoms with Gasteiger partial charge in [0.05, 0.1) is 15.6 Å². The molecule has 1 saturated heterocycles. The summed E-state index contributed by atoms with van der Waals surface area (Å²) < 4.78 is 1.99. The predicted molar refractivity (Wildman–Crippen MR) is 134 cm³/mol. The fourth-order valence-electron chi connectivity index (χ4n) is 5.62. The number of aromatic nitrogens is 3. The van der Waals surface area contributed by atoms with Crippen LogP contribution in [-0.4, -0.2) is 27.5 Å². The molecule has 1 atom stereocenters. The average Bonchev–Trinajstić information content (AvgIpc) is 3.40. The first-order valence-electron chi connectivity index (χ1n) is 11.1. The molecule has 2 aromatic heterocycles. The van der Waals surface area contributed by atoms with Gasteiger partial charge in [-0.25, -0.2) is 4.98 Å². The van der Waals surface area contributed by atoms with Crippen molar-refractivity contribution in [2.24, 2.45) is 11.1 Å². The number of rotatable bonds is 2. The van der Waals surface area contributed by atoms with Gasteiger partial charge in [-0.15, -0.1) is 0 Å². The minimum Gasteiger partial charge on any atom is -0.383 e. The molecule has 0 unspecified atom stereocenters. The number of hydrogen-bond donors (Lipinski definition) is 2. The summed E-state index contributed by atoms with van der Waals surface area (Å²) >= 11 is 12.8. The van der Waals surface area contributed by atoms with E-state index in [-0.39, 0.29) is 11.5 Å². The maximum Gasteiger partial charge on any atom is 0.213 e. The molecule has 1 aliphatic heterocycles. The largest absolute Gasteiger partial charge is 0.383 e. The van der Waals surface area contributed by atoms with Crippen LogP contribution in [0.25, 0.3) is 16.8 Å². The van der Waals surface area contributed by atoms with Crippen LogP contribution >= 0.6 is 23.2 Å². The number of hydrogen-bond acceptors (Lipinski definition) is 5. The van der Waals surface area contributed by atoms with Crippen LogP contribution in [0.15, 0.2) is 54.9 Å². The SMILES string of the molecule is Nc1nc(N2CCC3(CC2)Cc2ccccc2[C@H]3N)n2ccnc2c1-c1cccc(Cl)c1Cl. The molecule has 1 fully saturated rings. The van der Waals surface area contributed by atoms with Crippen molar-refractivity contribution in [3.05, 3.63) is 76.0 Å². The summed E-state index contributed by atoms with van der Waals surface area (Å²) in [6, 6.07) is 14.2. The highest BCUT2D eigenvalue weighted by atomic mass is 35.5. The first-order chi connectivity index (χ1) is 16.0. The van der Waals surface area contributed by atoms with Gasteiger partial charge < -0.3 is 16.4 Å². The van der Waals surface area contributed by atoms with Crippen molar-refractivity contribution in [2.45, 2.75) is 25.3 Å². The normalized spacial score (nSPS) is 19.4. The summed E-state index contributed by atoms with van der Waals surface area (Å²) in [6.07, 6.45) is 6.73. The Balaban J connectivity index is 1.34. The standard InChI is InChI=1S/C25H24Cl2N6/c26-18-7-3-6-17(20(18)27)19-22(29)31-24(33-13-10-30-23(19)33)32-11-8-25(9-12-32)14-15-4-1-2-5-16(15)21(25)28/h1-7,10,13,21H,8-9,11-12,14,28-29H2/t21-/m1/s1. The van der Waals surface area contributed by atoms with Crippen molar-refractivity contribution in [1.82, 2.24) is 14.4 Å². The van der Waals surface area contributed by atoms with Gasteiger partial charge in [-0.05, 0) is 41.9 Å². The van der Waals surface area contributed by atoms with Crippen molar-refractivity contribution in [1.29, 1.82) is 0 Å². The molecule has 4 N–H and O–H groups in total. The molecule has 1 spiro atoms. The summed E-state index contributed by atoms with van der Waals surface area (Å²) in [4.78, 5) is 11.7. The maximum absolute atomic E-state index is 6.76. The molecule has 0 amide bonds. The van der Waals surface area contributed by atoms with Gasteiger partial charge in [-0.3, -0.25) is 4.40 Å². The van der Waals surface area contributed by atoms with Gasteiger partial charge in [0, 0.05) is 37.1 Å². The summed E-state index contributed by atoms with van der Waals surface area (Å²) in [7, 11) is 0. The van der Waals surface area contributed by atoms with E-state index in [1.54, 1.807) is 12.3 Å². The van der Waals surface area contributed by atoms with Gasteiger partial charge in [0.1, 0.15) is 5.82 Å². The Morgan fingerprint density at radius 3 is 2.61 bits per heavy atom. The highest BCUT2D eigenvalue weighted by Gasteiger charge is 2.46. The Morgan fingerprint density at radius 1 is 1.03 bits per heavy atom. The number of halogens is 2. The molecule has 1 aliphatic carbocycles. The Morgan fingerprint density at radius 2 is 1.82 bits per heavy atom. The van der Waals surface area contributed by atoms with Crippen molar-refractivity contribution >= 4 is 40.6 Å². The van der Waals surface area contributed by atoms with Gasteiger partial charge >= 0.3 is 0 Å². The highest BCUT2D eigenvalue weighted by Crippen LogP contribution is 2.51. The van der Waals surface area contributed by atoms with E-state index in [4.69, 9.17) is 39.7 Å². The first kappa shape index (κ1) is 20.8. The van der Waals surface area contributed by atoms with Crippen LogP contribution < -0.4 is 16.4 Å². The Hall–Kier alpha value is -2.80. The van der Waals surface area contributed by atoms with Crippen molar-refractivity contribution in [3.8, 4) is 11.1 Å². The first-order valence-corrected chi connectivity index (χ1v) is 11.9. The number of nitrogens with zero attached hydrogens (tertiary/aromatic N) is 4. The number of piperidine rings is 1. The van der Waals surface area contributed by atoms with E-state index in [0.29, 0.717) is 27.1 Å². The second-order valence-corrected chi connectivity index (χ2v) is 9.88. The second kappa shape index (κ2) is 7.62. The molecule has 33 heavy (non-hydrogen) atoms. The monoisotopic (exact) mass is 478 g/mol. The van der Waals surface area contributed by atoms with Crippen molar-refractivity contribution in [3.63, 3.8) is 0 Å². The molecule has 2 aliphatic rings. The molecule has 4 aromatic rings. The maximum atomic E-state index is 6.76. The molecule has 0 bridgehead atoms. The van der Waals surface area contributed by atoms with Crippen molar-refractivity contribution < 1.29 is 0 Å². The molecule has 0 saturated carbocycles. The summed E-state index contributed by atoms with van der Waals surface area (Å²) in [6.45, 7) is 1.72. The van der Waals surface area contributed by atoms with Crippen LogP contribution in [0.1, 0.15) is 30.0 Å². The van der Waals surface area contributed by atoms with E-state index in [0.717, 1.165) is 43.9 Å². The third-order valence-electron chi connectivity index (χ3n) is 7.41. The Labute approximate surface area is 202 Å². The lowest BCUT2D eigenvalue weighted by atomic mass is 9.73. The summed E-state index contributed by atoms with van der Waals surface area (Å²) in [5.74, 6) is 1.18. The van der Waals surface area contributed by atoms with E-state index in [1.807, 2.05) is 22.7 Å². The number of nitrogens with two attached hydrogens (primary N) is 2. The molecule has 6 nitrogen and oxygen atoms in total. The second-order valence-electron chi connectivity index (χ2n) is 9.10. The molecule has 0 radical (unpaired) electrons. The van der Waals surface area contributed by atoms with Crippen LogP contribution in [-0.2, 0) is 6.42 Å². The fourth-order valence-corrected chi connectivity index (χ4v) is 6.01. The minimum atomic E-state index is 0.0782. The number of nitrogen functional groups attached to an aromatic ring is 1. The van der Waals surface area contributed by atoms with Crippen LogP contribution in [0.5, 0.6) is 0 Å². The topological polar surface area (TPSA) is 85.5 Å². The average molecular weight is 479 g/mol. The van der Waals surface area contributed by atoms with E-state index in [9.17, 15) is 0 Å². The van der Waals surface area contributed by atoms with Gasteiger partial charge in [-0.1, -0.05) is 59.6 Å². The van der Waals surface area contributed by atoms with E-state index in [2.05, 4.69) is 34.1 Å². The zero-order valence-corrected chi connectivity index (χ0v) is 19.5. The summed E-state index contributed by atoms with van der Waals surface area (Å²) in [5, 5.41) is 0.914. The number of imidazole rings is 1. The molecule has 6 rings (SSSR count). The lowest BCUT2D eigenvalue weighted by Gasteiger charge is -2.42. The lowest BCUT2D eigenvalue weighted by Crippen LogP contribution is -2.45. The Kier molecular flexibility index (Phi) is 4.80.